The molecule has 0 bridgehead atoms. The molecule has 0 aliphatic carbocycles. The van der Waals surface area contributed by atoms with E-state index >= 15 is 0 Å². The second-order valence-electron chi connectivity index (χ2n) is 1.10. The molecule has 0 unspecified atom stereocenters. The summed E-state index contributed by atoms with van der Waals surface area (Å²) in [6, 6.07) is 0. The summed E-state index contributed by atoms with van der Waals surface area (Å²) in [6.45, 7) is 0. The van der Waals surface area contributed by atoms with E-state index in [0.717, 1.165) is 0 Å². The van der Waals surface area contributed by atoms with Crippen LogP contribution < -0.4 is 0 Å². The van der Waals surface area contributed by atoms with Crippen molar-refractivity contribution in [2.24, 2.45) is 0 Å². The van der Waals surface area contributed by atoms with E-state index < -0.39 is 10.5 Å². The Hall–Kier alpha value is -0.220. The number of carbonyl (C=O) groups excluding carboxylic acids is 2. The average molecular weight is 169 g/mol. The first-order valence-corrected chi connectivity index (χ1v) is 3.42. The maximum absolute atomic E-state index is 10.3. The summed E-state index contributed by atoms with van der Waals surface area (Å²) in [6.07, 6.45) is 0. The van der Waals surface area contributed by atoms with Crippen LogP contribution >= 0.6 is 23.4 Å². The van der Waals surface area contributed by atoms with Crippen LogP contribution in [0.5, 0.6) is 0 Å². The van der Waals surface area contributed by atoms with E-state index in [9.17, 15) is 9.59 Å². The maximum Gasteiger partial charge on any atom is 0.316 e. The smallest absolute Gasteiger partial charge is 0.316 e. The van der Waals surface area contributed by atoms with Crippen molar-refractivity contribution < 1.29 is 14.3 Å². The largest absolute Gasteiger partial charge is 0.468 e. The SMILES string of the molecule is COC(=O)CSC(=O)Cl. The molecule has 9 heavy (non-hydrogen) atoms. The van der Waals surface area contributed by atoms with Gasteiger partial charge in [-0.3, -0.25) is 9.59 Å². The number of thioether (sulfide) groups is 1. The lowest BCUT2D eigenvalue weighted by molar-refractivity contribution is -0.137. The molecule has 0 rings (SSSR count). The Morgan fingerprint density at radius 1 is 1.67 bits per heavy atom. The van der Waals surface area contributed by atoms with E-state index in [-0.39, 0.29) is 5.75 Å². The van der Waals surface area contributed by atoms with Crippen LogP contribution in [-0.4, -0.2) is 23.4 Å². The average Bonchev–Trinajstić information content (AvgIpc) is 1.83. The first-order chi connectivity index (χ1) is 4.16. The lowest BCUT2D eigenvalue weighted by Crippen LogP contribution is -2.03. The standard InChI is InChI=1S/C4H5ClO3S/c1-8-3(6)2-9-4(5)7/h2H2,1H3. The fraction of sp³-hybridized carbons (Fsp3) is 0.500. The zero-order valence-electron chi connectivity index (χ0n) is 4.72. The Balaban J connectivity index is 3.28. The number of carbonyl (C=O) groups is 2. The Bertz CT molecular complexity index is 125. The van der Waals surface area contributed by atoms with Crippen LogP contribution in [0.3, 0.4) is 0 Å². The minimum absolute atomic E-state index is 0.0150. The van der Waals surface area contributed by atoms with Gasteiger partial charge in [-0.1, -0.05) is 11.8 Å². The van der Waals surface area contributed by atoms with Gasteiger partial charge in [0.1, 0.15) is 5.75 Å². The minimum Gasteiger partial charge on any atom is -0.468 e. The van der Waals surface area contributed by atoms with Gasteiger partial charge in [-0.05, 0) is 11.6 Å². The Morgan fingerprint density at radius 2 is 2.22 bits per heavy atom. The number of hydrogen-bond acceptors (Lipinski definition) is 4. The Kier molecular flexibility index (Phi) is 4.53. The van der Waals surface area contributed by atoms with Gasteiger partial charge in [0.2, 0.25) is 0 Å². The predicted molar refractivity (Wildman–Crippen MR) is 35.7 cm³/mol. The molecule has 0 saturated heterocycles. The van der Waals surface area contributed by atoms with Gasteiger partial charge >= 0.3 is 5.97 Å². The molecule has 5 heteroatoms. The summed E-state index contributed by atoms with van der Waals surface area (Å²) in [7, 11) is 1.25. The zero-order valence-corrected chi connectivity index (χ0v) is 6.29. The normalized spacial score (nSPS) is 8.67. The zero-order chi connectivity index (χ0) is 7.28. The van der Waals surface area contributed by atoms with E-state index in [1.807, 2.05) is 0 Å². The first kappa shape index (κ1) is 8.78. The van der Waals surface area contributed by atoms with E-state index in [0.29, 0.717) is 11.8 Å². The third kappa shape index (κ3) is 5.65. The summed E-state index contributed by atoms with van der Waals surface area (Å²) < 4.78 is 3.63. The molecule has 0 N–H and O–H groups in total. The number of halogens is 1. The van der Waals surface area contributed by atoms with Gasteiger partial charge in [0.05, 0.1) is 7.11 Å². The molecule has 3 nitrogen and oxygen atoms in total. The van der Waals surface area contributed by atoms with Crippen LogP contribution in [0.15, 0.2) is 0 Å². The number of esters is 1. The molecule has 0 heterocycles. The second-order valence-corrected chi connectivity index (χ2v) is 2.62. The Labute approximate surface area is 61.7 Å². The highest BCUT2D eigenvalue weighted by molar-refractivity contribution is 8.16. The summed E-state index contributed by atoms with van der Waals surface area (Å²) in [5.41, 5.74) is 0. The Morgan fingerprint density at radius 3 is 2.56 bits per heavy atom. The molecule has 0 radical (unpaired) electrons. The van der Waals surface area contributed by atoms with E-state index in [1.165, 1.54) is 7.11 Å². The summed E-state index contributed by atoms with van der Waals surface area (Å²) in [4.78, 5) is 20.2. The molecule has 0 aliphatic rings. The summed E-state index contributed by atoms with van der Waals surface area (Å²) in [5, 5.41) is 0. The molecular formula is C4H5ClO3S. The van der Waals surface area contributed by atoms with Crippen LogP contribution in [-0.2, 0) is 9.53 Å². The second kappa shape index (κ2) is 4.64. The van der Waals surface area contributed by atoms with Crippen LogP contribution in [0, 0.1) is 0 Å². The van der Waals surface area contributed by atoms with Crippen molar-refractivity contribution in [3.63, 3.8) is 0 Å². The van der Waals surface area contributed by atoms with Crippen molar-refractivity contribution in [1.82, 2.24) is 0 Å². The van der Waals surface area contributed by atoms with E-state index in [2.05, 4.69) is 4.74 Å². The van der Waals surface area contributed by atoms with Crippen molar-refractivity contribution in [2.45, 2.75) is 0 Å². The molecule has 0 atom stereocenters. The number of ether oxygens (including phenoxy) is 1. The van der Waals surface area contributed by atoms with Gasteiger partial charge in [-0.25, -0.2) is 0 Å². The molecule has 0 fully saturated rings. The number of hydrogen-bond donors (Lipinski definition) is 0. The quantitative estimate of drug-likeness (QED) is 0.460. The van der Waals surface area contributed by atoms with Gasteiger partial charge in [0.15, 0.2) is 0 Å². The van der Waals surface area contributed by atoms with Crippen molar-refractivity contribution in [2.75, 3.05) is 12.9 Å². The van der Waals surface area contributed by atoms with Crippen molar-refractivity contribution >= 4 is 33.9 Å². The molecular weight excluding hydrogens is 164 g/mol. The van der Waals surface area contributed by atoms with Gasteiger partial charge in [0.25, 0.3) is 4.57 Å². The monoisotopic (exact) mass is 168 g/mol. The molecule has 0 amide bonds. The lowest BCUT2D eigenvalue weighted by atomic mass is 10.8. The van der Waals surface area contributed by atoms with E-state index in [4.69, 9.17) is 11.6 Å². The fourth-order valence-electron chi connectivity index (χ4n) is 0.175. The first-order valence-electron chi connectivity index (χ1n) is 2.06. The highest BCUT2D eigenvalue weighted by atomic mass is 35.5. The topological polar surface area (TPSA) is 43.4 Å². The molecule has 52 valence electrons. The van der Waals surface area contributed by atoms with Crippen LogP contribution in [0.25, 0.3) is 0 Å². The molecule has 0 aliphatic heterocycles. The van der Waals surface area contributed by atoms with Gasteiger partial charge in [0, 0.05) is 0 Å². The lowest BCUT2D eigenvalue weighted by Gasteiger charge is -1.92. The third-order valence-electron chi connectivity index (χ3n) is 0.531. The molecule has 0 spiro atoms. The van der Waals surface area contributed by atoms with Crippen LogP contribution in [0.2, 0.25) is 0 Å². The maximum atomic E-state index is 10.3. The van der Waals surface area contributed by atoms with Crippen molar-refractivity contribution in [1.29, 1.82) is 0 Å². The fourth-order valence-corrected chi connectivity index (χ4v) is 0.687. The van der Waals surface area contributed by atoms with Crippen LogP contribution in [0.1, 0.15) is 0 Å². The molecule has 0 aromatic heterocycles. The van der Waals surface area contributed by atoms with E-state index in [1.54, 1.807) is 0 Å². The molecule has 0 aromatic carbocycles. The van der Waals surface area contributed by atoms with Gasteiger partial charge in [-0.15, -0.1) is 0 Å². The number of methoxy groups -OCH3 is 1. The molecule has 0 saturated carbocycles. The third-order valence-corrected chi connectivity index (χ3v) is 1.47. The summed E-state index contributed by atoms with van der Waals surface area (Å²) in [5.74, 6) is -0.465. The minimum atomic E-state index is -0.597. The van der Waals surface area contributed by atoms with Gasteiger partial charge < -0.3 is 4.74 Å². The summed E-state index contributed by atoms with van der Waals surface area (Å²) >= 11 is 5.61. The predicted octanol–water partition coefficient (Wildman–Crippen LogP) is 1.25. The van der Waals surface area contributed by atoms with Crippen molar-refractivity contribution in [3.05, 3.63) is 0 Å². The highest BCUT2D eigenvalue weighted by Crippen LogP contribution is 2.06. The highest BCUT2D eigenvalue weighted by Gasteiger charge is 2.02. The molecule has 0 aromatic rings. The number of rotatable bonds is 2. The van der Waals surface area contributed by atoms with Crippen LogP contribution in [0.4, 0.5) is 4.79 Å². The van der Waals surface area contributed by atoms with Crippen molar-refractivity contribution in [3.8, 4) is 0 Å². The van der Waals surface area contributed by atoms with Gasteiger partial charge in [-0.2, -0.15) is 0 Å².